The molecule has 30 heavy (non-hydrogen) atoms. The van der Waals surface area contributed by atoms with Crippen LogP contribution in [0.25, 0.3) is 10.8 Å². The van der Waals surface area contributed by atoms with Gasteiger partial charge in [-0.05, 0) is 48.2 Å². The van der Waals surface area contributed by atoms with Gasteiger partial charge in [0.05, 0.1) is 6.61 Å². The van der Waals surface area contributed by atoms with Crippen molar-refractivity contribution in [3.63, 3.8) is 0 Å². The molecule has 3 rings (SSSR count). The Morgan fingerprint density at radius 2 is 1.70 bits per heavy atom. The Morgan fingerprint density at radius 3 is 2.50 bits per heavy atom. The lowest BCUT2D eigenvalue weighted by atomic mass is 10.1. The van der Waals surface area contributed by atoms with Crippen molar-refractivity contribution < 1.29 is 4.74 Å². The normalized spacial score (nSPS) is 11.4. The molecule has 3 aromatic rings. The molecule has 6 nitrogen and oxygen atoms in total. The van der Waals surface area contributed by atoms with Crippen molar-refractivity contribution in [3.8, 4) is 5.75 Å². The summed E-state index contributed by atoms with van der Waals surface area (Å²) in [6.45, 7) is 2.98. The lowest BCUT2D eigenvalue weighted by molar-refractivity contribution is 0.311. The number of ether oxygens (including phenoxy) is 1. The van der Waals surface area contributed by atoms with E-state index in [9.17, 15) is 4.79 Å². The van der Waals surface area contributed by atoms with Crippen LogP contribution < -0.4 is 20.9 Å². The van der Waals surface area contributed by atoms with E-state index in [1.165, 1.54) is 10.8 Å². The monoisotopic (exact) mass is 406 g/mol. The molecule has 1 aromatic heterocycles. The highest BCUT2D eigenvalue weighted by Gasteiger charge is 2.00. The van der Waals surface area contributed by atoms with Crippen LogP contribution in [0.4, 0.5) is 0 Å². The third-order valence-electron chi connectivity index (χ3n) is 4.84. The van der Waals surface area contributed by atoms with Crippen molar-refractivity contribution in [1.29, 1.82) is 0 Å². The molecule has 0 amide bonds. The number of rotatable bonds is 10. The van der Waals surface area contributed by atoms with Crippen LogP contribution >= 0.6 is 0 Å². The molecule has 0 aliphatic rings. The zero-order valence-corrected chi connectivity index (χ0v) is 17.5. The fourth-order valence-corrected chi connectivity index (χ4v) is 3.21. The van der Waals surface area contributed by atoms with Gasteiger partial charge in [-0.1, -0.05) is 36.4 Å². The summed E-state index contributed by atoms with van der Waals surface area (Å²) in [6.07, 6.45) is 4.61. The van der Waals surface area contributed by atoms with Crippen LogP contribution in [0, 0.1) is 0 Å². The Bertz CT molecular complexity index is 1010. The standard InChI is InChI=1S/C24H30N4O2/c1-25-24(26-14-5-7-17-28-16-6-4-11-23(28)29)27-15-8-18-30-22-13-12-20-9-2-3-10-21(20)19-22/h2-4,6,9-13,16,19H,5,7-8,14-15,17-18H2,1H3,(H2,25,26,27). The van der Waals surface area contributed by atoms with Gasteiger partial charge in [0.2, 0.25) is 5.56 Å². The first-order chi connectivity index (χ1) is 14.8. The number of hydrogen-bond donors (Lipinski definition) is 2. The molecule has 2 aromatic carbocycles. The summed E-state index contributed by atoms with van der Waals surface area (Å²) in [6, 6.07) is 19.7. The van der Waals surface area contributed by atoms with E-state index in [1.54, 1.807) is 23.7 Å². The SMILES string of the molecule is CN=C(NCCCCn1ccccc1=O)NCCCOc1ccc2ccccc2c1. The second-order valence-electron chi connectivity index (χ2n) is 7.08. The summed E-state index contributed by atoms with van der Waals surface area (Å²) in [4.78, 5) is 15.9. The first-order valence-electron chi connectivity index (χ1n) is 10.5. The molecule has 0 aliphatic carbocycles. The summed E-state index contributed by atoms with van der Waals surface area (Å²) < 4.78 is 7.60. The number of aliphatic imine (C=N–C) groups is 1. The Kier molecular flexibility index (Phi) is 8.33. The summed E-state index contributed by atoms with van der Waals surface area (Å²) in [5, 5.41) is 9.03. The van der Waals surface area contributed by atoms with Crippen molar-refractivity contribution >= 4 is 16.7 Å². The molecule has 0 radical (unpaired) electrons. The number of pyridine rings is 1. The number of fused-ring (bicyclic) bond motifs is 1. The predicted molar refractivity (Wildman–Crippen MR) is 123 cm³/mol. The van der Waals surface area contributed by atoms with Gasteiger partial charge < -0.3 is 19.9 Å². The molecule has 0 saturated heterocycles. The zero-order chi connectivity index (χ0) is 21.0. The molecule has 158 valence electrons. The molecular formula is C24H30N4O2. The predicted octanol–water partition coefficient (Wildman–Crippen LogP) is 3.42. The topological polar surface area (TPSA) is 67.7 Å². The molecule has 0 saturated carbocycles. The van der Waals surface area contributed by atoms with Crippen molar-refractivity contribution in [3.05, 3.63) is 77.2 Å². The van der Waals surface area contributed by atoms with E-state index in [-0.39, 0.29) is 5.56 Å². The lowest BCUT2D eigenvalue weighted by Crippen LogP contribution is -2.38. The summed E-state index contributed by atoms with van der Waals surface area (Å²) in [5.74, 6) is 1.69. The molecular weight excluding hydrogens is 376 g/mol. The van der Waals surface area contributed by atoms with Crippen LogP contribution in [0.3, 0.4) is 0 Å². The van der Waals surface area contributed by atoms with E-state index in [0.717, 1.165) is 50.6 Å². The van der Waals surface area contributed by atoms with Gasteiger partial charge in [0, 0.05) is 38.9 Å². The molecule has 0 fully saturated rings. The maximum absolute atomic E-state index is 11.7. The first-order valence-corrected chi connectivity index (χ1v) is 10.5. The molecule has 2 N–H and O–H groups in total. The third-order valence-corrected chi connectivity index (χ3v) is 4.84. The van der Waals surface area contributed by atoms with E-state index >= 15 is 0 Å². The second-order valence-corrected chi connectivity index (χ2v) is 7.08. The van der Waals surface area contributed by atoms with Crippen LogP contribution in [0.2, 0.25) is 0 Å². The smallest absolute Gasteiger partial charge is 0.250 e. The van der Waals surface area contributed by atoms with Gasteiger partial charge in [0.15, 0.2) is 5.96 Å². The highest BCUT2D eigenvalue weighted by molar-refractivity contribution is 5.83. The maximum Gasteiger partial charge on any atom is 0.250 e. The van der Waals surface area contributed by atoms with Gasteiger partial charge in [-0.25, -0.2) is 0 Å². The number of unbranched alkanes of at least 4 members (excludes halogenated alkanes) is 1. The Morgan fingerprint density at radius 1 is 0.933 bits per heavy atom. The minimum absolute atomic E-state index is 0.0499. The van der Waals surface area contributed by atoms with E-state index in [0.29, 0.717) is 6.61 Å². The van der Waals surface area contributed by atoms with Crippen LogP contribution in [0.1, 0.15) is 19.3 Å². The fraction of sp³-hybridized carbons (Fsp3) is 0.333. The van der Waals surface area contributed by atoms with E-state index in [4.69, 9.17) is 4.74 Å². The van der Waals surface area contributed by atoms with Gasteiger partial charge >= 0.3 is 0 Å². The van der Waals surface area contributed by atoms with Crippen molar-refractivity contribution in [2.75, 3.05) is 26.7 Å². The maximum atomic E-state index is 11.7. The Balaban J connectivity index is 1.28. The largest absolute Gasteiger partial charge is 0.494 e. The van der Waals surface area contributed by atoms with E-state index in [1.807, 2.05) is 30.5 Å². The van der Waals surface area contributed by atoms with E-state index < -0.39 is 0 Å². The average molecular weight is 407 g/mol. The number of aromatic nitrogens is 1. The molecule has 0 atom stereocenters. The summed E-state index contributed by atoms with van der Waals surface area (Å²) >= 11 is 0. The van der Waals surface area contributed by atoms with Crippen molar-refractivity contribution in [1.82, 2.24) is 15.2 Å². The number of nitrogens with one attached hydrogen (secondary N) is 2. The number of aryl methyl sites for hydroxylation is 1. The molecule has 0 aliphatic heterocycles. The quantitative estimate of drug-likeness (QED) is 0.308. The summed E-state index contributed by atoms with van der Waals surface area (Å²) in [7, 11) is 1.77. The number of benzene rings is 2. The first kappa shape index (κ1) is 21.4. The van der Waals surface area contributed by atoms with Gasteiger partial charge in [-0.3, -0.25) is 9.79 Å². The van der Waals surface area contributed by atoms with Gasteiger partial charge in [0.25, 0.3) is 0 Å². The second kappa shape index (κ2) is 11.7. The number of nitrogens with zero attached hydrogens (tertiary/aromatic N) is 2. The zero-order valence-electron chi connectivity index (χ0n) is 17.5. The van der Waals surface area contributed by atoms with Crippen molar-refractivity contribution in [2.24, 2.45) is 4.99 Å². The van der Waals surface area contributed by atoms with Crippen molar-refractivity contribution in [2.45, 2.75) is 25.8 Å². The molecule has 0 bridgehead atoms. The third kappa shape index (κ3) is 6.65. The minimum atomic E-state index is 0.0499. The Labute approximate surface area is 177 Å². The molecule has 1 heterocycles. The summed E-state index contributed by atoms with van der Waals surface area (Å²) in [5.41, 5.74) is 0.0499. The van der Waals surface area contributed by atoms with Gasteiger partial charge in [-0.15, -0.1) is 0 Å². The highest BCUT2D eigenvalue weighted by Crippen LogP contribution is 2.20. The highest BCUT2D eigenvalue weighted by atomic mass is 16.5. The van der Waals surface area contributed by atoms with Crippen LogP contribution in [-0.4, -0.2) is 37.3 Å². The minimum Gasteiger partial charge on any atom is -0.494 e. The molecule has 0 unspecified atom stereocenters. The van der Waals surface area contributed by atoms with Crippen LogP contribution in [-0.2, 0) is 6.54 Å². The fourth-order valence-electron chi connectivity index (χ4n) is 3.21. The number of guanidine groups is 1. The van der Waals surface area contributed by atoms with Gasteiger partial charge in [0.1, 0.15) is 5.75 Å². The van der Waals surface area contributed by atoms with Crippen LogP contribution in [0.15, 0.2) is 76.6 Å². The van der Waals surface area contributed by atoms with Crippen LogP contribution in [0.5, 0.6) is 5.75 Å². The van der Waals surface area contributed by atoms with E-state index in [2.05, 4.69) is 39.9 Å². The molecule has 6 heteroatoms. The van der Waals surface area contributed by atoms with Gasteiger partial charge in [-0.2, -0.15) is 0 Å². The number of hydrogen-bond acceptors (Lipinski definition) is 3. The Hall–Kier alpha value is -3.28. The average Bonchev–Trinajstić information content (AvgIpc) is 2.78. The lowest BCUT2D eigenvalue weighted by Gasteiger charge is -2.12. The molecule has 0 spiro atoms.